The first-order chi connectivity index (χ1) is 8.10. The quantitative estimate of drug-likeness (QED) is 0.774. The number of ether oxygens (including phenoxy) is 1. The Balaban J connectivity index is 2.61. The number of hydrogen-bond donors (Lipinski definition) is 1. The van der Waals surface area contributed by atoms with Crippen molar-refractivity contribution in [2.45, 2.75) is 39.8 Å². The Kier molecular flexibility index (Phi) is 5.22. The minimum Gasteiger partial charge on any atom is -0.468 e. The summed E-state index contributed by atoms with van der Waals surface area (Å²) in [5, 5.41) is 3.20. The van der Waals surface area contributed by atoms with Gasteiger partial charge in [-0.05, 0) is 24.5 Å². The molecule has 17 heavy (non-hydrogen) atoms. The summed E-state index contributed by atoms with van der Waals surface area (Å²) >= 11 is 0. The molecule has 96 valence electrons. The summed E-state index contributed by atoms with van der Waals surface area (Å²) in [5.41, 5.74) is 1.09. The first-order valence-electron chi connectivity index (χ1n) is 5.94. The van der Waals surface area contributed by atoms with Crippen LogP contribution in [0.4, 0.5) is 0 Å². The molecule has 0 saturated carbocycles. The van der Waals surface area contributed by atoms with E-state index in [0.717, 1.165) is 17.7 Å². The summed E-state index contributed by atoms with van der Waals surface area (Å²) in [6, 6.07) is 1.63. The van der Waals surface area contributed by atoms with Crippen LogP contribution in [0.1, 0.15) is 31.6 Å². The second kappa shape index (κ2) is 6.45. The van der Waals surface area contributed by atoms with E-state index in [4.69, 9.17) is 9.15 Å². The Morgan fingerprint density at radius 1 is 1.59 bits per heavy atom. The molecule has 4 nitrogen and oxygen atoms in total. The van der Waals surface area contributed by atoms with E-state index in [1.807, 2.05) is 19.9 Å². The number of hydrogen-bond acceptors (Lipinski definition) is 4. The van der Waals surface area contributed by atoms with Crippen LogP contribution in [0.15, 0.2) is 16.7 Å². The van der Waals surface area contributed by atoms with Gasteiger partial charge in [-0.1, -0.05) is 20.3 Å². The Hall–Kier alpha value is -1.29. The normalized spacial score (nSPS) is 14.4. The van der Waals surface area contributed by atoms with E-state index in [1.165, 1.54) is 7.11 Å². The second-order valence-corrected chi connectivity index (χ2v) is 4.29. The SMILES string of the molecule is CCC(C)C(NCc1occc1C)C(=O)OC. The third kappa shape index (κ3) is 3.60. The topological polar surface area (TPSA) is 51.5 Å². The number of carbonyl (C=O) groups is 1. The Morgan fingerprint density at radius 2 is 2.29 bits per heavy atom. The fourth-order valence-corrected chi connectivity index (χ4v) is 1.67. The molecule has 0 aliphatic heterocycles. The molecule has 0 amide bonds. The summed E-state index contributed by atoms with van der Waals surface area (Å²) in [6.45, 7) is 6.61. The first kappa shape index (κ1) is 13.8. The fourth-order valence-electron chi connectivity index (χ4n) is 1.67. The number of carbonyl (C=O) groups excluding carboxylic acids is 1. The van der Waals surface area contributed by atoms with Gasteiger partial charge in [-0.25, -0.2) is 0 Å². The highest BCUT2D eigenvalue weighted by Crippen LogP contribution is 2.12. The van der Waals surface area contributed by atoms with Crippen molar-refractivity contribution < 1.29 is 13.9 Å². The van der Waals surface area contributed by atoms with Crippen molar-refractivity contribution in [1.82, 2.24) is 5.32 Å². The zero-order chi connectivity index (χ0) is 12.8. The van der Waals surface area contributed by atoms with Crippen LogP contribution in [0.2, 0.25) is 0 Å². The zero-order valence-electron chi connectivity index (χ0n) is 10.9. The largest absolute Gasteiger partial charge is 0.468 e. The number of methoxy groups -OCH3 is 1. The van der Waals surface area contributed by atoms with Crippen molar-refractivity contribution in [2.75, 3.05) is 7.11 Å². The summed E-state index contributed by atoms with van der Waals surface area (Å²) in [5.74, 6) is 0.878. The van der Waals surface area contributed by atoms with Crippen molar-refractivity contribution in [1.29, 1.82) is 0 Å². The minimum absolute atomic E-state index is 0.219. The van der Waals surface area contributed by atoms with Gasteiger partial charge in [-0.15, -0.1) is 0 Å². The average Bonchev–Trinajstić information content (AvgIpc) is 2.74. The highest BCUT2D eigenvalue weighted by Gasteiger charge is 2.24. The van der Waals surface area contributed by atoms with Gasteiger partial charge >= 0.3 is 5.97 Å². The molecule has 1 heterocycles. The fraction of sp³-hybridized carbons (Fsp3) is 0.615. The van der Waals surface area contributed by atoms with E-state index in [0.29, 0.717) is 6.54 Å². The summed E-state index contributed by atoms with van der Waals surface area (Å²) in [7, 11) is 1.41. The molecule has 1 rings (SSSR count). The number of esters is 1. The molecule has 0 aliphatic rings. The van der Waals surface area contributed by atoms with E-state index >= 15 is 0 Å². The van der Waals surface area contributed by atoms with E-state index in [9.17, 15) is 4.79 Å². The van der Waals surface area contributed by atoms with E-state index in [-0.39, 0.29) is 17.9 Å². The molecule has 4 heteroatoms. The molecule has 0 aromatic carbocycles. The second-order valence-electron chi connectivity index (χ2n) is 4.29. The van der Waals surface area contributed by atoms with E-state index in [1.54, 1.807) is 6.26 Å². The Bertz CT molecular complexity index is 359. The molecule has 2 unspecified atom stereocenters. The number of aryl methyl sites for hydroxylation is 1. The van der Waals surface area contributed by atoms with Crippen LogP contribution in [0, 0.1) is 12.8 Å². The van der Waals surface area contributed by atoms with Gasteiger partial charge in [0, 0.05) is 0 Å². The van der Waals surface area contributed by atoms with E-state index in [2.05, 4.69) is 12.2 Å². The highest BCUT2D eigenvalue weighted by molar-refractivity contribution is 5.75. The standard InChI is InChI=1S/C13H21NO3/c1-5-9(2)12(13(15)16-4)14-8-11-10(3)6-7-17-11/h6-7,9,12,14H,5,8H2,1-4H3. The lowest BCUT2D eigenvalue weighted by Gasteiger charge is -2.21. The lowest BCUT2D eigenvalue weighted by molar-refractivity contribution is -0.144. The van der Waals surface area contributed by atoms with Crippen molar-refractivity contribution in [3.63, 3.8) is 0 Å². The monoisotopic (exact) mass is 239 g/mol. The molecule has 2 atom stereocenters. The molecule has 1 aromatic rings. The smallest absolute Gasteiger partial charge is 0.323 e. The van der Waals surface area contributed by atoms with Crippen molar-refractivity contribution >= 4 is 5.97 Å². The van der Waals surface area contributed by atoms with Crippen LogP contribution in [0.25, 0.3) is 0 Å². The highest BCUT2D eigenvalue weighted by atomic mass is 16.5. The predicted octanol–water partition coefficient (Wildman–Crippen LogP) is 2.27. The Morgan fingerprint density at radius 3 is 2.76 bits per heavy atom. The molecule has 0 fully saturated rings. The maximum atomic E-state index is 11.6. The lowest BCUT2D eigenvalue weighted by Crippen LogP contribution is -2.42. The number of furan rings is 1. The van der Waals surface area contributed by atoms with E-state index < -0.39 is 0 Å². The van der Waals surface area contributed by atoms with Gasteiger partial charge in [0.05, 0.1) is 19.9 Å². The molecule has 0 spiro atoms. The molecular formula is C13H21NO3. The first-order valence-corrected chi connectivity index (χ1v) is 5.94. The Labute approximate surface area is 102 Å². The van der Waals surface area contributed by atoms with Crippen molar-refractivity contribution in [3.8, 4) is 0 Å². The summed E-state index contributed by atoms with van der Waals surface area (Å²) in [6.07, 6.45) is 2.58. The molecule has 0 radical (unpaired) electrons. The lowest BCUT2D eigenvalue weighted by atomic mass is 9.99. The maximum absolute atomic E-state index is 11.6. The van der Waals surface area contributed by atoms with Gasteiger partial charge in [0.2, 0.25) is 0 Å². The third-order valence-corrected chi connectivity index (χ3v) is 3.12. The average molecular weight is 239 g/mol. The predicted molar refractivity (Wildman–Crippen MR) is 65.5 cm³/mol. The van der Waals surface area contributed by atoms with Crippen LogP contribution in [-0.4, -0.2) is 19.1 Å². The van der Waals surface area contributed by atoms with Crippen LogP contribution in [0.3, 0.4) is 0 Å². The van der Waals surface area contributed by atoms with Crippen LogP contribution in [0.5, 0.6) is 0 Å². The number of nitrogens with one attached hydrogen (secondary N) is 1. The van der Waals surface area contributed by atoms with Gasteiger partial charge in [0.15, 0.2) is 0 Å². The molecular weight excluding hydrogens is 218 g/mol. The van der Waals surface area contributed by atoms with Gasteiger partial charge < -0.3 is 9.15 Å². The summed E-state index contributed by atoms with van der Waals surface area (Å²) in [4.78, 5) is 11.6. The molecule has 1 N–H and O–H groups in total. The molecule has 1 aromatic heterocycles. The van der Waals surface area contributed by atoms with Gasteiger partial charge in [-0.2, -0.15) is 0 Å². The third-order valence-electron chi connectivity index (χ3n) is 3.12. The van der Waals surface area contributed by atoms with Gasteiger partial charge in [0.1, 0.15) is 11.8 Å². The summed E-state index contributed by atoms with van der Waals surface area (Å²) < 4.78 is 10.1. The number of rotatable bonds is 6. The minimum atomic E-state index is -0.283. The van der Waals surface area contributed by atoms with Crippen molar-refractivity contribution in [3.05, 3.63) is 23.7 Å². The van der Waals surface area contributed by atoms with Crippen molar-refractivity contribution in [2.24, 2.45) is 5.92 Å². The molecule has 0 saturated heterocycles. The molecule has 0 bridgehead atoms. The molecule has 0 aliphatic carbocycles. The van der Waals surface area contributed by atoms with Crippen LogP contribution < -0.4 is 5.32 Å². The maximum Gasteiger partial charge on any atom is 0.323 e. The van der Waals surface area contributed by atoms with Crippen LogP contribution >= 0.6 is 0 Å². The van der Waals surface area contributed by atoms with Crippen LogP contribution in [-0.2, 0) is 16.1 Å². The zero-order valence-corrected chi connectivity index (χ0v) is 10.9. The van der Waals surface area contributed by atoms with Gasteiger partial charge in [0.25, 0.3) is 0 Å². The van der Waals surface area contributed by atoms with Gasteiger partial charge in [-0.3, -0.25) is 10.1 Å².